The first kappa shape index (κ1) is 34.9. The van der Waals surface area contributed by atoms with Gasteiger partial charge in [-0.2, -0.15) is 0 Å². The molecule has 13 atom stereocenters. The van der Waals surface area contributed by atoms with Crippen LogP contribution in [0.15, 0.2) is 11.6 Å². The molecule has 0 radical (unpaired) electrons. The van der Waals surface area contributed by atoms with Crippen LogP contribution in [-0.2, 0) is 23.8 Å². The summed E-state index contributed by atoms with van der Waals surface area (Å²) in [6.07, 6.45) is 6.96. The molecule has 256 valence electrons. The van der Waals surface area contributed by atoms with Gasteiger partial charge in [-0.25, -0.2) is 0 Å². The van der Waals surface area contributed by atoms with Crippen LogP contribution >= 0.6 is 0 Å². The maximum absolute atomic E-state index is 13.3. The van der Waals surface area contributed by atoms with Gasteiger partial charge in [0.15, 0.2) is 0 Å². The number of esters is 1. The number of allylic oxidation sites excluding steroid dienone is 1. The predicted octanol–water partition coefficient (Wildman–Crippen LogP) is 7.26. The van der Waals surface area contributed by atoms with Crippen LogP contribution in [0.25, 0.3) is 0 Å². The van der Waals surface area contributed by atoms with Crippen LogP contribution < -0.4 is 5.73 Å². The predicted molar refractivity (Wildman–Crippen MR) is 176 cm³/mol. The Hall–Kier alpha value is -1.44. The van der Waals surface area contributed by atoms with Crippen molar-refractivity contribution in [2.45, 2.75) is 139 Å². The van der Waals surface area contributed by atoms with E-state index in [4.69, 9.17) is 19.9 Å². The Labute approximate surface area is 272 Å². The topological polar surface area (TPSA) is 108 Å². The third-order valence-corrected chi connectivity index (χ3v) is 15.1. The van der Waals surface area contributed by atoms with Crippen LogP contribution in [0, 0.1) is 62.6 Å². The van der Waals surface area contributed by atoms with E-state index in [1.54, 1.807) is 0 Å². The quantitative estimate of drug-likeness (QED) is 0.215. The largest absolute Gasteiger partial charge is 0.481 e. The average molecular weight is 630 g/mol. The molecule has 45 heavy (non-hydrogen) atoms. The van der Waals surface area contributed by atoms with Gasteiger partial charge >= 0.3 is 11.9 Å². The summed E-state index contributed by atoms with van der Waals surface area (Å²) in [6.45, 7) is 24.9. The van der Waals surface area contributed by atoms with E-state index < -0.39 is 18.0 Å². The van der Waals surface area contributed by atoms with Crippen molar-refractivity contribution in [3.05, 3.63) is 11.6 Å². The fraction of sp³-hybridized carbons (Fsp3) is 0.895. The maximum atomic E-state index is 13.3. The van der Waals surface area contributed by atoms with E-state index in [0.29, 0.717) is 37.4 Å². The Balaban J connectivity index is 1.58. The summed E-state index contributed by atoms with van der Waals surface area (Å²) >= 11 is 0. The number of rotatable bonds is 8. The van der Waals surface area contributed by atoms with Gasteiger partial charge in [0.2, 0.25) is 0 Å². The molecule has 0 aromatic heterocycles. The number of carbonyl (C=O) groups excluding carboxylic acids is 1. The molecule has 1 heterocycles. The molecule has 0 aromatic rings. The SMILES string of the molecule is CC(=O)O[C@@H]1C[C@@]23COC[C@@](C)([C@@H]2CC[C@H]2C3=CC[C@@]3(C)[C@H](C(=O)O)[C@@](C)([C@H](C)C(C)C)CC[C@]23C)[C@H]1OC(C)C(N)C(C)C. The van der Waals surface area contributed by atoms with Crippen molar-refractivity contribution in [3.8, 4) is 0 Å². The zero-order valence-corrected chi connectivity index (χ0v) is 30.1. The zero-order valence-electron chi connectivity index (χ0n) is 30.1. The van der Waals surface area contributed by atoms with Crippen molar-refractivity contribution in [3.63, 3.8) is 0 Å². The number of fused-ring (bicyclic) bond motifs is 3. The highest BCUT2D eigenvalue weighted by Crippen LogP contribution is 2.75. The van der Waals surface area contributed by atoms with Crippen LogP contribution in [0.3, 0.4) is 0 Å². The van der Waals surface area contributed by atoms with Gasteiger partial charge in [0.05, 0.1) is 25.2 Å². The minimum Gasteiger partial charge on any atom is -0.481 e. The van der Waals surface area contributed by atoms with Crippen LogP contribution in [0.1, 0.15) is 115 Å². The van der Waals surface area contributed by atoms with Crippen LogP contribution in [0.2, 0.25) is 0 Å². The van der Waals surface area contributed by atoms with Crippen molar-refractivity contribution in [2.75, 3.05) is 13.2 Å². The number of hydrogen-bond acceptors (Lipinski definition) is 6. The lowest BCUT2D eigenvalue weighted by molar-refractivity contribution is -0.275. The van der Waals surface area contributed by atoms with E-state index in [2.05, 4.69) is 68.4 Å². The van der Waals surface area contributed by atoms with Crippen LogP contribution in [0.4, 0.5) is 0 Å². The van der Waals surface area contributed by atoms with Crippen molar-refractivity contribution in [1.82, 2.24) is 0 Å². The minimum atomic E-state index is -0.642. The summed E-state index contributed by atoms with van der Waals surface area (Å²) in [5.74, 6) is 0.215. The highest BCUT2D eigenvalue weighted by atomic mass is 16.6. The molecule has 3 N–H and O–H groups in total. The van der Waals surface area contributed by atoms with Crippen LogP contribution in [-0.4, -0.2) is 54.6 Å². The molecule has 0 aromatic carbocycles. The number of ether oxygens (including phenoxy) is 3. The second kappa shape index (κ2) is 11.6. The number of hydrogen-bond donors (Lipinski definition) is 2. The second-order valence-electron chi connectivity index (χ2n) is 17.8. The fourth-order valence-corrected chi connectivity index (χ4v) is 12.0. The molecular formula is C38H63NO6. The number of nitrogens with two attached hydrogens (primary N) is 1. The molecule has 5 aliphatic rings. The van der Waals surface area contributed by atoms with Gasteiger partial charge < -0.3 is 25.1 Å². The van der Waals surface area contributed by atoms with E-state index in [-0.39, 0.29) is 63.1 Å². The summed E-state index contributed by atoms with van der Waals surface area (Å²) in [4.78, 5) is 25.9. The first-order valence-electron chi connectivity index (χ1n) is 17.9. The van der Waals surface area contributed by atoms with Crippen molar-refractivity contribution < 1.29 is 28.9 Å². The molecular weight excluding hydrogens is 566 g/mol. The first-order valence-corrected chi connectivity index (χ1v) is 17.9. The molecule has 4 fully saturated rings. The Bertz CT molecular complexity index is 1200. The number of carbonyl (C=O) groups is 2. The van der Waals surface area contributed by atoms with Gasteiger partial charge in [0, 0.05) is 23.8 Å². The van der Waals surface area contributed by atoms with Gasteiger partial charge in [-0.1, -0.05) is 74.0 Å². The monoisotopic (exact) mass is 629 g/mol. The molecule has 2 unspecified atom stereocenters. The minimum absolute atomic E-state index is 0.130. The van der Waals surface area contributed by atoms with Gasteiger partial charge in [-0.15, -0.1) is 0 Å². The Morgan fingerprint density at radius 2 is 1.64 bits per heavy atom. The second-order valence-corrected chi connectivity index (χ2v) is 17.8. The maximum Gasteiger partial charge on any atom is 0.307 e. The summed E-state index contributed by atoms with van der Waals surface area (Å²) in [6, 6.07) is -0.130. The summed E-state index contributed by atoms with van der Waals surface area (Å²) in [5.41, 5.74) is 6.59. The standard InChI is InChI=1S/C38H63NO6/c1-21(2)23(5)34(8)16-17-36(10)26-12-13-29-35(9)19-43-20-38(29,27(26)14-15-37(36,11)31(34)33(41)42)18-28(45-25(7)40)32(35)44-24(6)30(39)22(3)4/h14,21-24,26,28-32H,12-13,15-20,39H2,1-11H3,(H,41,42)/t23-,24?,26+,28-,29+,30?,31-,32+,34-,35+,36-,37+,38+/m1/s1. The van der Waals surface area contributed by atoms with Crippen LogP contribution in [0.5, 0.6) is 0 Å². The van der Waals surface area contributed by atoms with Gasteiger partial charge in [0.1, 0.15) is 12.2 Å². The van der Waals surface area contributed by atoms with Crippen molar-refractivity contribution >= 4 is 11.9 Å². The fourth-order valence-electron chi connectivity index (χ4n) is 12.0. The molecule has 7 heteroatoms. The third kappa shape index (κ3) is 4.98. The van der Waals surface area contributed by atoms with Crippen molar-refractivity contribution in [2.24, 2.45) is 68.3 Å². The Morgan fingerprint density at radius 3 is 2.22 bits per heavy atom. The molecule has 4 aliphatic carbocycles. The average Bonchev–Trinajstić information content (AvgIpc) is 2.94. The highest BCUT2D eigenvalue weighted by molar-refractivity contribution is 5.73. The van der Waals surface area contributed by atoms with Gasteiger partial charge in [-0.05, 0) is 91.3 Å². The summed E-state index contributed by atoms with van der Waals surface area (Å²) < 4.78 is 19.6. The molecule has 7 nitrogen and oxygen atoms in total. The number of carboxylic acids is 1. The zero-order chi connectivity index (χ0) is 33.5. The van der Waals surface area contributed by atoms with Crippen molar-refractivity contribution in [1.29, 1.82) is 0 Å². The van der Waals surface area contributed by atoms with Gasteiger partial charge in [0.25, 0.3) is 0 Å². The van der Waals surface area contributed by atoms with E-state index >= 15 is 0 Å². The molecule has 0 amide bonds. The lowest BCUT2D eigenvalue weighted by atomic mass is 9.34. The van der Waals surface area contributed by atoms with E-state index in [9.17, 15) is 14.7 Å². The number of aliphatic carboxylic acids is 1. The van der Waals surface area contributed by atoms with E-state index in [1.807, 2.05) is 6.92 Å². The third-order valence-electron chi connectivity index (χ3n) is 15.1. The molecule has 0 spiro atoms. The molecule has 2 bridgehead atoms. The summed E-state index contributed by atoms with van der Waals surface area (Å²) in [7, 11) is 0. The Kier molecular flexibility index (Phi) is 9.00. The van der Waals surface area contributed by atoms with E-state index in [0.717, 1.165) is 32.1 Å². The smallest absolute Gasteiger partial charge is 0.307 e. The molecule has 5 rings (SSSR count). The van der Waals surface area contributed by atoms with E-state index in [1.165, 1.54) is 12.5 Å². The normalized spacial score (nSPS) is 46.3. The number of carboxylic acid groups (broad SMARTS) is 1. The highest BCUT2D eigenvalue weighted by Gasteiger charge is 2.72. The Morgan fingerprint density at radius 1 is 0.978 bits per heavy atom. The molecule has 1 saturated heterocycles. The summed E-state index contributed by atoms with van der Waals surface area (Å²) in [5, 5.41) is 11.0. The molecule has 3 saturated carbocycles. The lowest BCUT2D eigenvalue weighted by Gasteiger charge is -2.71. The molecule has 1 aliphatic heterocycles. The lowest BCUT2D eigenvalue weighted by Crippen LogP contribution is -2.70. The van der Waals surface area contributed by atoms with Gasteiger partial charge in [-0.3, -0.25) is 9.59 Å². The first-order chi connectivity index (χ1) is 20.8.